The fourth-order valence-electron chi connectivity index (χ4n) is 3.16. The second-order valence-electron chi connectivity index (χ2n) is 5.89. The first-order chi connectivity index (χ1) is 12.1. The van der Waals surface area contributed by atoms with Gasteiger partial charge in [-0.15, -0.1) is 5.10 Å². The third-order valence-electron chi connectivity index (χ3n) is 4.35. The zero-order valence-electron chi connectivity index (χ0n) is 13.1. The molecular formula is C17H14F3N5. The van der Waals surface area contributed by atoms with E-state index in [1.54, 1.807) is 22.9 Å². The molecule has 2 aromatic carbocycles. The molecule has 0 N–H and O–H groups in total. The van der Waals surface area contributed by atoms with Crippen molar-refractivity contribution in [2.24, 2.45) is 0 Å². The maximum Gasteiger partial charge on any atom is 0.173 e. The van der Waals surface area contributed by atoms with Crippen molar-refractivity contribution >= 4 is 0 Å². The molecule has 128 valence electrons. The average Bonchev–Trinajstić information content (AvgIpc) is 3.08. The van der Waals surface area contributed by atoms with Crippen LogP contribution in [0.5, 0.6) is 0 Å². The number of aromatic nitrogens is 4. The first-order valence-electron chi connectivity index (χ1n) is 7.82. The van der Waals surface area contributed by atoms with Crippen LogP contribution >= 0.6 is 0 Å². The topological polar surface area (TPSA) is 46.8 Å². The predicted molar refractivity (Wildman–Crippen MR) is 82.8 cm³/mol. The van der Waals surface area contributed by atoms with E-state index in [-0.39, 0.29) is 17.9 Å². The van der Waals surface area contributed by atoms with Crippen LogP contribution in [-0.2, 0) is 13.1 Å². The molecule has 0 amide bonds. The minimum absolute atomic E-state index is 0.132. The first kappa shape index (κ1) is 15.8. The molecule has 1 unspecified atom stereocenters. The fourth-order valence-corrected chi connectivity index (χ4v) is 3.16. The standard InChI is InChI=1S/C17H14F3N5/c18-12-5-6-15(20)13(9-12)16-17-21-22-23-25(17)8-7-24(16)10-11-3-1-2-4-14(11)19/h1-6,9,16H,7-8,10H2. The second kappa shape index (κ2) is 6.29. The summed E-state index contributed by atoms with van der Waals surface area (Å²) in [6, 6.07) is 8.98. The van der Waals surface area contributed by atoms with Crippen LogP contribution in [0.25, 0.3) is 0 Å². The third-order valence-corrected chi connectivity index (χ3v) is 4.35. The molecule has 1 aliphatic heterocycles. The van der Waals surface area contributed by atoms with E-state index in [0.29, 0.717) is 24.5 Å². The maximum atomic E-state index is 14.4. The highest BCUT2D eigenvalue weighted by Crippen LogP contribution is 2.33. The van der Waals surface area contributed by atoms with Gasteiger partial charge >= 0.3 is 0 Å². The van der Waals surface area contributed by atoms with E-state index >= 15 is 0 Å². The molecule has 0 aliphatic carbocycles. The molecule has 0 fully saturated rings. The fraction of sp³-hybridized carbons (Fsp3) is 0.235. The van der Waals surface area contributed by atoms with Gasteiger partial charge in [0, 0.05) is 24.2 Å². The molecule has 0 saturated heterocycles. The van der Waals surface area contributed by atoms with Gasteiger partial charge in [-0.1, -0.05) is 18.2 Å². The molecule has 0 spiro atoms. The molecule has 2 heterocycles. The first-order valence-corrected chi connectivity index (χ1v) is 7.82. The zero-order chi connectivity index (χ0) is 17.4. The van der Waals surface area contributed by atoms with E-state index in [1.165, 1.54) is 6.07 Å². The van der Waals surface area contributed by atoms with Crippen LogP contribution in [0, 0.1) is 17.5 Å². The largest absolute Gasteiger partial charge is 0.283 e. The highest BCUT2D eigenvalue weighted by atomic mass is 19.1. The maximum absolute atomic E-state index is 14.4. The number of hydrogen-bond acceptors (Lipinski definition) is 4. The van der Waals surface area contributed by atoms with Crippen molar-refractivity contribution in [3.8, 4) is 0 Å². The molecular weight excluding hydrogens is 331 g/mol. The van der Waals surface area contributed by atoms with Crippen LogP contribution in [0.3, 0.4) is 0 Å². The number of fused-ring (bicyclic) bond motifs is 1. The Morgan fingerprint density at radius 2 is 1.84 bits per heavy atom. The number of benzene rings is 2. The van der Waals surface area contributed by atoms with Gasteiger partial charge in [0.25, 0.3) is 0 Å². The highest BCUT2D eigenvalue weighted by molar-refractivity contribution is 5.29. The quantitative estimate of drug-likeness (QED) is 0.732. The lowest BCUT2D eigenvalue weighted by atomic mass is 10.0. The lowest BCUT2D eigenvalue weighted by Gasteiger charge is -2.35. The molecule has 4 rings (SSSR count). The lowest BCUT2D eigenvalue weighted by molar-refractivity contribution is 0.159. The third kappa shape index (κ3) is 2.89. The van der Waals surface area contributed by atoms with Crippen LogP contribution in [0.2, 0.25) is 0 Å². The number of rotatable bonds is 3. The van der Waals surface area contributed by atoms with Crippen LogP contribution in [0.4, 0.5) is 13.2 Å². The van der Waals surface area contributed by atoms with Crippen molar-refractivity contribution in [3.63, 3.8) is 0 Å². The zero-order valence-corrected chi connectivity index (χ0v) is 13.1. The van der Waals surface area contributed by atoms with Crippen LogP contribution in [-0.4, -0.2) is 31.7 Å². The summed E-state index contributed by atoms with van der Waals surface area (Å²) < 4.78 is 43.7. The van der Waals surface area contributed by atoms with Gasteiger partial charge in [-0.05, 0) is 34.7 Å². The molecule has 1 aromatic heterocycles. The Kier molecular flexibility index (Phi) is 3.96. The number of nitrogens with zero attached hydrogens (tertiary/aromatic N) is 5. The number of hydrogen-bond donors (Lipinski definition) is 0. The normalized spacial score (nSPS) is 17.5. The van der Waals surface area contributed by atoms with Crippen molar-refractivity contribution in [1.29, 1.82) is 0 Å². The van der Waals surface area contributed by atoms with Crippen molar-refractivity contribution in [2.75, 3.05) is 6.54 Å². The van der Waals surface area contributed by atoms with E-state index in [9.17, 15) is 13.2 Å². The van der Waals surface area contributed by atoms with Crippen LogP contribution in [0.1, 0.15) is 23.0 Å². The van der Waals surface area contributed by atoms with Gasteiger partial charge in [0.15, 0.2) is 5.82 Å². The molecule has 1 atom stereocenters. The summed E-state index contributed by atoms with van der Waals surface area (Å²) in [5, 5.41) is 11.5. The Morgan fingerprint density at radius 3 is 2.68 bits per heavy atom. The molecule has 25 heavy (non-hydrogen) atoms. The van der Waals surface area contributed by atoms with Crippen molar-refractivity contribution in [1.82, 2.24) is 25.1 Å². The van der Waals surface area contributed by atoms with E-state index in [0.717, 1.165) is 18.2 Å². The Morgan fingerprint density at radius 1 is 1.00 bits per heavy atom. The molecule has 1 aliphatic rings. The van der Waals surface area contributed by atoms with E-state index in [2.05, 4.69) is 15.5 Å². The summed E-state index contributed by atoms with van der Waals surface area (Å²) in [5.74, 6) is -1.04. The van der Waals surface area contributed by atoms with Gasteiger partial charge in [-0.3, -0.25) is 4.90 Å². The van der Waals surface area contributed by atoms with Crippen LogP contribution in [0.15, 0.2) is 42.5 Å². The summed E-state index contributed by atoms with van der Waals surface area (Å²) in [6.45, 7) is 1.21. The van der Waals surface area contributed by atoms with Crippen LogP contribution < -0.4 is 0 Å². The van der Waals surface area contributed by atoms with Crippen molar-refractivity contribution in [3.05, 3.63) is 76.9 Å². The summed E-state index contributed by atoms with van der Waals surface area (Å²) in [7, 11) is 0. The Labute approximate surface area is 141 Å². The molecule has 0 bridgehead atoms. The smallest absolute Gasteiger partial charge is 0.173 e. The van der Waals surface area contributed by atoms with E-state index in [1.807, 2.05) is 4.90 Å². The summed E-state index contributed by atoms with van der Waals surface area (Å²) in [4.78, 5) is 1.85. The molecule has 0 radical (unpaired) electrons. The Balaban J connectivity index is 1.78. The Bertz CT molecular complexity index is 911. The number of halogens is 3. The molecule has 0 saturated carbocycles. The molecule has 5 nitrogen and oxygen atoms in total. The number of tetrazole rings is 1. The van der Waals surface area contributed by atoms with Gasteiger partial charge in [-0.25, -0.2) is 17.9 Å². The minimum Gasteiger partial charge on any atom is -0.283 e. The second-order valence-corrected chi connectivity index (χ2v) is 5.89. The lowest BCUT2D eigenvalue weighted by Crippen LogP contribution is -2.39. The average molecular weight is 345 g/mol. The van der Waals surface area contributed by atoms with Gasteiger partial charge < -0.3 is 0 Å². The SMILES string of the molecule is Fc1ccc(F)c(C2c3nnnn3CCN2Cc2ccccc2F)c1. The predicted octanol–water partition coefficient (Wildman–Crippen LogP) is 2.70. The van der Waals surface area contributed by atoms with E-state index in [4.69, 9.17) is 0 Å². The molecule has 8 heteroatoms. The summed E-state index contributed by atoms with van der Waals surface area (Å²) in [6.07, 6.45) is 0. The monoisotopic (exact) mass is 345 g/mol. The Hall–Kier alpha value is -2.74. The van der Waals surface area contributed by atoms with Gasteiger partial charge in [0.1, 0.15) is 23.5 Å². The van der Waals surface area contributed by atoms with Gasteiger partial charge in [0.2, 0.25) is 0 Å². The highest BCUT2D eigenvalue weighted by Gasteiger charge is 2.34. The van der Waals surface area contributed by atoms with Gasteiger partial charge in [-0.2, -0.15) is 0 Å². The summed E-state index contributed by atoms with van der Waals surface area (Å²) in [5.41, 5.74) is 0.609. The van der Waals surface area contributed by atoms with Crippen molar-refractivity contribution in [2.45, 2.75) is 19.1 Å². The minimum atomic E-state index is -0.695. The molecule has 3 aromatic rings. The van der Waals surface area contributed by atoms with Gasteiger partial charge in [0.05, 0.1) is 6.54 Å². The van der Waals surface area contributed by atoms with Crippen molar-refractivity contribution < 1.29 is 13.2 Å². The van der Waals surface area contributed by atoms with E-state index < -0.39 is 17.7 Å². The summed E-state index contributed by atoms with van der Waals surface area (Å²) >= 11 is 0.